The van der Waals surface area contributed by atoms with Gasteiger partial charge in [0.1, 0.15) is 0 Å². The predicted octanol–water partition coefficient (Wildman–Crippen LogP) is 2.62. The maximum Gasteiger partial charge on any atom is 0.243 e. The minimum atomic E-state index is -3.65. The summed E-state index contributed by atoms with van der Waals surface area (Å²) in [6.45, 7) is 6.51. The first kappa shape index (κ1) is 19.1. The summed E-state index contributed by atoms with van der Waals surface area (Å²) in [7, 11) is -3.65. The number of hydrogen-bond acceptors (Lipinski definition) is 3. The number of carbonyl (C=O) groups is 1. The van der Waals surface area contributed by atoms with E-state index >= 15 is 0 Å². The van der Waals surface area contributed by atoms with E-state index < -0.39 is 10.0 Å². The number of halogens is 1. The summed E-state index contributed by atoms with van der Waals surface area (Å²) in [5.41, 5.74) is 0. The van der Waals surface area contributed by atoms with E-state index in [2.05, 4.69) is 35.1 Å². The Morgan fingerprint density at radius 1 is 1.27 bits per heavy atom. The van der Waals surface area contributed by atoms with E-state index in [1.807, 2.05) is 0 Å². The van der Waals surface area contributed by atoms with Crippen LogP contribution in [0, 0.1) is 5.92 Å². The molecule has 0 saturated heterocycles. The highest BCUT2D eigenvalue weighted by Crippen LogP contribution is 2.18. The van der Waals surface area contributed by atoms with Crippen LogP contribution >= 0.6 is 15.9 Å². The zero-order valence-electron chi connectivity index (χ0n) is 13.2. The lowest BCUT2D eigenvalue weighted by Crippen LogP contribution is -2.41. The molecule has 1 aromatic rings. The number of nitrogens with zero attached hydrogens (tertiary/aromatic N) is 1. The first-order valence-corrected chi connectivity index (χ1v) is 9.53. The third-order valence-corrected chi connectivity index (χ3v) is 5.63. The van der Waals surface area contributed by atoms with Crippen molar-refractivity contribution in [2.75, 3.05) is 19.6 Å². The average Bonchev–Trinajstić information content (AvgIpc) is 2.44. The van der Waals surface area contributed by atoms with Gasteiger partial charge in [0, 0.05) is 17.6 Å². The SMILES string of the molecule is CCN(CC(=O)NCCC(C)C)S(=O)(=O)c1ccc(Br)cc1. The van der Waals surface area contributed by atoms with Gasteiger partial charge in [0.15, 0.2) is 0 Å². The Labute approximate surface area is 141 Å². The monoisotopic (exact) mass is 390 g/mol. The van der Waals surface area contributed by atoms with Crippen LogP contribution < -0.4 is 5.32 Å². The summed E-state index contributed by atoms with van der Waals surface area (Å²) < 4.78 is 27.0. The molecule has 0 aliphatic rings. The third-order valence-electron chi connectivity index (χ3n) is 3.17. The third kappa shape index (κ3) is 5.70. The lowest BCUT2D eigenvalue weighted by atomic mass is 10.1. The Kier molecular flexibility index (Phi) is 7.52. The van der Waals surface area contributed by atoms with Crippen molar-refractivity contribution in [3.8, 4) is 0 Å². The summed E-state index contributed by atoms with van der Waals surface area (Å²) in [6.07, 6.45) is 0.872. The van der Waals surface area contributed by atoms with E-state index in [4.69, 9.17) is 0 Å². The smallest absolute Gasteiger partial charge is 0.243 e. The Balaban J connectivity index is 2.73. The van der Waals surface area contributed by atoms with E-state index in [1.165, 1.54) is 16.4 Å². The van der Waals surface area contributed by atoms with E-state index in [9.17, 15) is 13.2 Å². The number of hydrogen-bond donors (Lipinski definition) is 1. The molecule has 1 rings (SSSR count). The Morgan fingerprint density at radius 2 is 1.86 bits per heavy atom. The highest BCUT2D eigenvalue weighted by atomic mass is 79.9. The van der Waals surface area contributed by atoms with Crippen molar-refractivity contribution in [2.24, 2.45) is 5.92 Å². The molecule has 0 saturated carbocycles. The average molecular weight is 391 g/mol. The van der Waals surface area contributed by atoms with Crippen molar-refractivity contribution in [2.45, 2.75) is 32.1 Å². The van der Waals surface area contributed by atoms with Crippen molar-refractivity contribution in [1.29, 1.82) is 0 Å². The van der Waals surface area contributed by atoms with Crippen LogP contribution in [0.1, 0.15) is 27.2 Å². The van der Waals surface area contributed by atoms with Gasteiger partial charge in [0.05, 0.1) is 11.4 Å². The topological polar surface area (TPSA) is 66.5 Å². The van der Waals surface area contributed by atoms with Crippen molar-refractivity contribution < 1.29 is 13.2 Å². The molecule has 0 radical (unpaired) electrons. The van der Waals surface area contributed by atoms with E-state index in [0.717, 1.165) is 10.9 Å². The van der Waals surface area contributed by atoms with Gasteiger partial charge in [0.25, 0.3) is 0 Å². The van der Waals surface area contributed by atoms with E-state index in [-0.39, 0.29) is 23.9 Å². The second-order valence-corrected chi connectivity index (χ2v) is 8.27. The number of nitrogens with one attached hydrogen (secondary N) is 1. The number of rotatable bonds is 8. The Bertz CT molecular complexity index is 585. The zero-order chi connectivity index (χ0) is 16.8. The van der Waals surface area contributed by atoms with Crippen LogP contribution in [0.25, 0.3) is 0 Å². The van der Waals surface area contributed by atoms with Gasteiger partial charge in [-0.15, -0.1) is 0 Å². The van der Waals surface area contributed by atoms with Crippen LogP contribution in [0.5, 0.6) is 0 Å². The van der Waals surface area contributed by atoms with Crippen molar-refractivity contribution >= 4 is 31.9 Å². The molecule has 0 aliphatic heterocycles. The molecule has 0 aliphatic carbocycles. The van der Waals surface area contributed by atoms with Crippen LogP contribution in [0.15, 0.2) is 33.6 Å². The predicted molar refractivity (Wildman–Crippen MR) is 91.0 cm³/mol. The molecule has 1 N–H and O–H groups in total. The summed E-state index contributed by atoms with van der Waals surface area (Å²) in [6, 6.07) is 6.39. The summed E-state index contributed by atoms with van der Waals surface area (Å²) >= 11 is 3.27. The molecule has 0 bridgehead atoms. The first-order chi connectivity index (χ1) is 10.3. The highest BCUT2D eigenvalue weighted by molar-refractivity contribution is 9.10. The lowest BCUT2D eigenvalue weighted by molar-refractivity contribution is -0.121. The molecule has 1 amide bonds. The summed E-state index contributed by atoms with van der Waals surface area (Å²) in [5.74, 6) is 0.220. The molecular formula is C15H23BrN2O3S. The maximum absolute atomic E-state index is 12.5. The van der Waals surface area contributed by atoms with Crippen molar-refractivity contribution in [1.82, 2.24) is 9.62 Å². The Hall–Kier alpha value is -0.920. The largest absolute Gasteiger partial charge is 0.355 e. The second kappa shape index (κ2) is 8.64. The number of sulfonamides is 1. The molecule has 0 spiro atoms. The molecule has 7 heteroatoms. The quantitative estimate of drug-likeness (QED) is 0.741. The van der Waals surface area contributed by atoms with Crippen LogP contribution in [0.3, 0.4) is 0 Å². The Morgan fingerprint density at radius 3 is 2.36 bits per heavy atom. The molecule has 0 unspecified atom stereocenters. The lowest BCUT2D eigenvalue weighted by Gasteiger charge is -2.20. The molecule has 1 aromatic carbocycles. The van der Waals surface area contributed by atoms with Gasteiger partial charge < -0.3 is 5.32 Å². The van der Waals surface area contributed by atoms with Crippen LogP contribution in [0.2, 0.25) is 0 Å². The first-order valence-electron chi connectivity index (χ1n) is 7.29. The number of benzene rings is 1. The van der Waals surface area contributed by atoms with Crippen molar-refractivity contribution in [3.05, 3.63) is 28.7 Å². The van der Waals surface area contributed by atoms with Crippen molar-refractivity contribution in [3.63, 3.8) is 0 Å². The molecular weight excluding hydrogens is 368 g/mol. The fourth-order valence-electron chi connectivity index (χ4n) is 1.84. The van der Waals surface area contributed by atoms with Crippen LogP contribution in [-0.2, 0) is 14.8 Å². The van der Waals surface area contributed by atoms with Gasteiger partial charge in [-0.1, -0.05) is 36.7 Å². The maximum atomic E-state index is 12.5. The molecule has 22 heavy (non-hydrogen) atoms. The molecule has 0 heterocycles. The number of amides is 1. The molecule has 0 atom stereocenters. The fourth-order valence-corrected chi connectivity index (χ4v) is 3.51. The standard InChI is InChI=1S/C15H23BrN2O3S/c1-4-18(11-15(19)17-10-9-12(2)3)22(20,21)14-7-5-13(16)6-8-14/h5-8,12H,4,9-11H2,1-3H3,(H,17,19). The van der Waals surface area contributed by atoms with Gasteiger partial charge in [-0.2, -0.15) is 4.31 Å². The number of carbonyl (C=O) groups excluding carboxylic acids is 1. The minimum absolute atomic E-state index is 0.160. The highest BCUT2D eigenvalue weighted by Gasteiger charge is 2.24. The van der Waals surface area contributed by atoms with Crippen LogP contribution in [-0.4, -0.2) is 38.3 Å². The fraction of sp³-hybridized carbons (Fsp3) is 0.533. The van der Waals surface area contributed by atoms with Gasteiger partial charge in [-0.05, 0) is 36.6 Å². The van der Waals surface area contributed by atoms with Gasteiger partial charge in [-0.3, -0.25) is 4.79 Å². The second-order valence-electron chi connectivity index (χ2n) is 5.42. The van der Waals surface area contributed by atoms with Gasteiger partial charge >= 0.3 is 0 Å². The molecule has 0 aromatic heterocycles. The normalized spacial score (nSPS) is 11.9. The van der Waals surface area contributed by atoms with Gasteiger partial charge in [-0.25, -0.2) is 8.42 Å². The van der Waals surface area contributed by atoms with Crippen LogP contribution in [0.4, 0.5) is 0 Å². The number of likely N-dealkylation sites (N-methyl/N-ethyl adjacent to an activating group) is 1. The molecule has 0 fully saturated rings. The van der Waals surface area contributed by atoms with E-state index in [0.29, 0.717) is 12.5 Å². The van der Waals surface area contributed by atoms with E-state index in [1.54, 1.807) is 19.1 Å². The minimum Gasteiger partial charge on any atom is -0.355 e. The summed E-state index contributed by atoms with van der Waals surface area (Å²) in [5, 5.41) is 2.76. The molecule has 5 nitrogen and oxygen atoms in total. The zero-order valence-corrected chi connectivity index (χ0v) is 15.6. The van der Waals surface area contributed by atoms with Gasteiger partial charge in [0.2, 0.25) is 15.9 Å². The molecule has 124 valence electrons. The summed E-state index contributed by atoms with van der Waals surface area (Å²) in [4.78, 5) is 12.1.